The van der Waals surface area contributed by atoms with Crippen molar-refractivity contribution >= 4 is 6.48 Å². The van der Waals surface area contributed by atoms with E-state index < -0.39 is 21.3 Å². The number of aryl methyl sites for hydroxylation is 3. The van der Waals surface area contributed by atoms with Gasteiger partial charge in [0.15, 0.2) is 0 Å². The molecule has 3 heteroatoms. The Morgan fingerprint density at radius 3 is 2.17 bits per heavy atom. The normalized spacial score (nSPS) is 18.6. The van der Waals surface area contributed by atoms with E-state index in [0.717, 1.165) is 12.8 Å². The average molecular weight is 677 g/mol. The molecule has 1 saturated carbocycles. The van der Waals surface area contributed by atoms with Crippen molar-refractivity contribution in [2.45, 2.75) is 93.4 Å². The van der Waals surface area contributed by atoms with Crippen LogP contribution in [0, 0.1) is 39.0 Å². The largest absolute Gasteiger partial charge is 1.00 e. The summed E-state index contributed by atoms with van der Waals surface area (Å²) in [5, 5.41) is 0. The van der Waals surface area contributed by atoms with Crippen molar-refractivity contribution in [3.05, 3.63) is 108 Å². The third-order valence-electron chi connectivity index (χ3n) is 10.5. The van der Waals surface area contributed by atoms with E-state index in [0.29, 0.717) is 11.3 Å². The first-order valence-corrected chi connectivity index (χ1v) is 19.4. The summed E-state index contributed by atoms with van der Waals surface area (Å²) in [6.45, 7) is 16.9. The molecular weight excluding hydrogens is 631 g/mol. The van der Waals surface area contributed by atoms with E-state index in [2.05, 4.69) is 109 Å². The summed E-state index contributed by atoms with van der Waals surface area (Å²) in [6.07, 6.45) is 14.6. The van der Waals surface area contributed by atoms with Crippen molar-refractivity contribution in [3.63, 3.8) is 0 Å². The van der Waals surface area contributed by atoms with Crippen LogP contribution >= 0.6 is 0 Å². The first-order valence-electron chi connectivity index (χ1n) is 15.7. The molecule has 0 spiro atoms. The molecule has 3 aliphatic carbocycles. The maximum absolute atomic E-state index is 2.76. The van der Waals surface area contributed by atoms with Gasteiger partial charge in [-0.15, -0.1) is 0 Å². The fraction of sp³-hybridized carbons (Fsp3) is 0.410. The fourth-order valence-corrected chi connectivity index (χ4v) is 16.9. The van der Waals surface area contributed by atoms with Crippen LogP contribution in [0.3, 0.4) is 0 Å². The van der Waals surface area contributed by atoms with Gasteiger partial charge in [-0.3, -0.25) is 0 Å². The number of hydrogen-bond donors (Lipinski definition) is 0. The molecule has 220 valence electrons. The van der Waals surface area contributed by atoms with Gasteiger partial charge in [-0.25, -0.2) is 0 Å². The third kappa shape index (κ3) is 5.80. The third-order valence-corrected chi connectivity index (χ3v) is 19.4. The first kappa shape index (κ1) is 33.4. The second-order valence-electron chi connectivity index (χ2n) is 13.2. The van der Waals surface area contributed by atoms with Gasteiger partial charge in [0.05, 0.1) is 0 Å². The summed E-state index contributed by atoms with van der Waals surface area (Å²) in [5.41, 5.74) is 15.6. The molecule has 1 unspecified atom stereocenters. The second-order valence-corrected chi connectivity index (χ2v) is 19.2. The van der Waals surface area contributed by atoms with Crippen LogP contribution in [0.1, 0.15) is 98.2 Å². The number of rotatable bonds is 5. The van der Waals surface area contributed by atoms with Crippen molar-refractivity contribution in [2.75, 3.05) is 0 Å². The van der Waals surface area contributed by atoms with E-state index in [1.54, 1.807) is 23.2 Å². The van der Waals surface area contributed by atoms with Crippen LogP contribution in [0.15, 0.2) is 69.5 Å². The Labute approximate surface area is 275 Å². The van der Waals surface area contributed by atoms with Gasteiger partial charge in [0.2, 0.25) is 0 Å². The molecule has 6 rings (SSSR count). The Balaban J connectivity index is 0.00000202. The Kier molecular flexibility index (Phi) is 10.5. The molecule has 0 saturated heterocycles. The molecule has 0 aromatic heterocycles. The first-order chi connectivity index (χ1) is 19.2. The monoisotopic (exact) mass is 674 g/mol. The van der Waals surface area contributed by atoms with Gasteiger partial charge in [0.1, 0.15) is 0 Å². The zero-order valence-electron chi connectivity index (χ0n) is 26.6. The van der Waals surface area contributed by atoms with Gasteiger partial charge in [-0.1, -0.05) is 0 Å². The molecule has 1 atom stereocenters. The van der Waals surface area contributed by atoms with Crippen molar-refractivity contribution in [1.29, 1.82) is 0 Å². The average Bonchev–Trinajstić information content (AvgIpc) is 3.50. The molecule has 3 aromatic rings. The summed E-state index contributed by atoms with van der Waals surface area (Å²) < 4.78 is 5.36. The maximum atomic E-state index is 2.76. The minimum absolute atomic E-state index is 0. The predicted molar refractivity (Wildman–Crippen MR) is 171 cm³/mol. The topological polar surface area (TPSA) is 0 Å². The summed E-state index contributed by atoms with van der Waals surface area (Å²) in [5.74, 6) is 0.539. The Hall–Kier alpha value is -1.53. The minimum atomic E-state index is -2.55. The van der Waals surface area contributed by atoms with Crippen LogP contribution in [0.5, 0.6) is 0 Å². The van der Waals surface area contributed by atoms with E-state index >= 15 is 0 Å². The number of benzene rings is 3. The van der Waals surface area contributed by atoms with E-state index in [1.165, 1.54) is 71.0 Å². The smallest absolute Gasteiger partial charge is 1.00 e. The van der Waals surface area contributed by atoms with E-state index in [4.69, 9.17) is 0 Å². The SMILES string of the molecule is CC/[C](c1ccccc1)=[Zr+2](\[C]1=CC(C2(C)CCCCC2)=CC1C)[c]1c(C)c(C)cc2c1Cc1cc(C)c(C)cc1-2.[Cl-].[Cl-]. The second kappa shape index (κ2) is 13.2. The molecule has 3 aromatic carbocycles. The van der Waals surface area contributed by atoms with Crippen LogP contribution in [-0.4, -0.2) is 3.21 Å². The quantitative estimate of drug-likeness (QED) is 0.302. The van der Waals surface area contributed by atoms with E-state index in [9.17, 15) is 0 Å². The predicted octanol–water partition coefficient (Wildman–Crippen LogP) is 3.80. The molecule has 1 fully saturated rings. The Morgan fingerprint density at radius 2 is 1.50 bits per heavy atom. The fourth-order valence-electron chi connectivity index (χ4n) is 7.83. The molecule has 42 heavy (non-hydrogen) atoms. The zero-order valence-corrected chi connectivity index (χ0v) is 30.5. The number of allylic oxidation sites excluding steroid dienone is 4. The zero-order chi connectivity index (χ0) is 28.2. The minimum Gasteiger partial charge on any atom is -1.00 e. The van der Waals surface area contributed by atoms with Gasteiger partial charge in [-0.2, -0.15) is 0 Å². The molecule has 3 aliphatic rings. The summed E-state index contributed by atoms with van der Waals surface area (Å²) >= 11 is -2.55. The maximum Gasteiger partial charge on any atom is -1.00 e. The molecule has 0 amide bonds. The van der Waals surface area contributed by atoms with Crippen molar-refractivity contribution in [2.24, 2.45) is 11.3 Å². The molecule has 0 bridgehead atoms. The molecule has 0 N–H and O–H groups in total. The van der Waals surface area contributed by atoms with Crippen molar-refractivity contribution in [3.8, 4) is 11.1 Å². The number of halogens is 2. The van der Waals surface area contributed by atoms with Gasteiger partial charge in [0.25, 0.3) is 0 Å². The summed E-state index contributed by atoms with van der Waals surface area (Å²) in [6, 6.07) is 18.9. The van der Waals surface area contributed by atoms with E-state index in [1.807, 2.05) is 3.28 Å². The standard InChI is InChI=1S/C17H17.C13H19.C9H10.2ClH.Zr/c1-10-5-14-9-15-6-11(2)13(4)8-17(15)16(14)7-12(10)3;1-11-6-7-12(10-11)13(2)8-4-3-5-9-13;1-2-6-9-7-4-3-5-8-9;;;/h5,7-8H,9H2,1-4H3;7,10-11H,3-5,8-9H2,1-2H3;3-5,7-8H,2H2,1H3;2*1H;/q;;;;;+2/p-2. The van der Waals surface area contributed by atoms with Crippen molar-refractivity contribution in [1.82, 2.24) is 0 Å². The molecular formula is C39H46Cl2Zr. The molecule has 0 heterocycles. The van der Waals surface area contributed by atoms with Gasteiger partial charge in [-0.05, 0) is 0 Å². The van der Waals surface area contributed by atoms with Crippen LogP contribution in [0.2, 0.25) is 0 Å². The van der Waals surface area contributed by atoms with E-state index in [-0.39, 0.29) is 24.8 Å². The molecule has 0 radical (unpaired) electrons. The molecule has 0 aliphatic heterocycles. The van der Waals surface area contributed by atoms with Crippen LogP contribution in [0.4, 0.5) is 0 Å². The Morgan fingerprint density at radius 1 is 0.857 bits per heavy atom. The molecule has 0 nitrogen and oxygen atoms in total. The summed E-state index contributed by atoms with van der Waals surface area (Å²) in [7, 11) is 0. The van der Waals surface area contributed by atoms with Crippen molar-refractivity contribution < 1.29 is 46.1 Å². The van der Waals surface area contributed by atoms with Gasteiger partial charge in [0, 0.05) is 0 Å². The number of fused-ring (bicyclic) bond motifs is 3. The van der Waals surface area contributed by atoms with Crippen LogP contribution < -0.4 is 28.1 Å². The van der Waals surface area contributed by atoms with Crippen LogP contribution in [0.25, 0.3) is 11.1 Å². The summed E-state index contributed by atoms with van der Waals surface area (Å²) in [4.78, 5) is 0. The van der Waals surface area contributed by atoms with Crippen LogP contribution in [-0.2, 0) is 27.7 Å². The van der Waals surface area contributed by atoms with Gasteiger partial charge < -0.3 is 24.8 Å². The number of hydrogen-bond acceptors (Lipinski definition) is 0. The Bertz CT molecular complexity index is 1580. The van der Waals surface area contributed by atoms with Gasteiger partial charge >= 0.3 is 252 Å².